The highest BCUT2D eigenvalue weighted by atomic mass is 16.3. The molecule has 0 unspecified atom stereocenters. The Kier molecular flexibility index (Phi) is 5.57. The van der Waals surface area contributed by atoms with Crippen LogP contribution in [0.15, 0.2) is 59.2 Å². The van der Waals surface area contributed by atoms with E-state index in [1.165, 1.54) is 22.3 Å². The molecule has 0 spiro atoms. The topological polar surface area (TPSA) is 74.6 Å². The molecule has 1 aromatic rings. The Balaban J connectivity index is 1.66. The number of hydrogen-bond acceptors (Lipinski definition) is 4. The number of rotatable bonds is 4. The number of carbonyl (C=O) groups excluding carboxylic acids is 2. The van der Waals surface area contributed by atoms with E-state index in [4.69, 9.17) is 0 Å². The Morgan fingerprint density at radius 2 is 1.91 bits per heavy atom. The molecule has 5 atom stereocenters. The molecule has 4 nitrogen and oxygen atoms in total. The number of benzene rings is 1. The van der Waals surface area contributed by atoms with Gasteiger partial charge < -0.3 is 10.2 Å². The molecule has 0 bridgehead atoms. The van der Waals surface area contributed by atoms with Crippen LogP contribution >= 0.6 is 0 Å². The molecule has 0 aliphatic heterocycles. The lowest BCUT2D eigenvalue weighted by atomic mass is 9.51. The number of carbonyl (C=O) groups is 2. The molecule has 0 aromatic heterocycles. The highest BCUT2D eigenvalue weighted by Gasteiger charge is 2.61. The van der Waals surface area contributed by atoms with Gasteiger partial charge in [-0.05, 0) is 80.1 Å². The van der Waals surface area contributed by atoms with Gasteiger partial charge in [0.05, 0.1) is 12.2 Å². The number of Topliss-reactive ketones (excluding diaryl/α,β-unsaturated/α-hetero) is 1. The fraction of sp³-hybridized carbons (Fsp3) is 0.517. The van der Waals surface area contributed by atoms with Gasteiger partial charge in [-0.2, -0.15) is 0 Å². The number of allylic oxidation sites excluding steroid dienone is 4. The largest absolute Gasteiger partial charge is 0.392 e. The van der Waals surface area contributed by atoms with Gasteiger partial charge in [0, 0.05) is 23.3 Å². The average Bonchev–Trinajstić information content (AvgIpc) is 3.07. The first kappa shape index (κ1) is 22.5. The SMILES string of the molecule is CC(=O)c1ccc([C@H]2C[C@@]3(C)[C@@H](CC[C@@]3(O)C=CCO)[C@@H]3CCC4=CC(=O)CCC4=C32)cc1. The van der Waals surface area contributed by atoms with Gasteiger partial charge in [-0.1, -0.05) is 48.9 Å². The third kappa shape index (κ3) is 3.50. The molecule has 2 fully saturated rings. The first-order valence-corrected chi connectivity index (χ1v) is 12.4. The molecule has 2 N–H and O–H groups in total. The van der Waals surface area contributed by atoms with Crippen molar-refractivity contribution in [1.29, 1.82) is 0 Å². The third-order valence-electron chi connectivity index (χ3n) is 9.17. The summed E-state index contributed by atoms with van der Waals surface area (Å²) in [6.45, 7) is 3.76. The van der Waals surface area contributed by atoms with Crippen molar-refractivity contribution in [2.45, 2.75) is 70.3 Å². The lowest BCUT2D eigenvalue weighted by molar-refractivity contribution is -0.114. The van der Waals surface area contributed by atoms with Gasteiger partial charge in [0.2, 0.25) is 0 Å². The molecule has 4 aliphatic carbocycles. The normalized spacial score (nSPS) is 35.8. The second-order valence-corrected chi connectivity index (χ2v) is 10.7. The van der Waals surface area contributed by atoms with Crippen molar-refractivity contribution in [2.75, 3.05) is 6.61 Å². The minimum Gasteiger partial charge on any atom is -0.392 e. The molecule has 4 heteroatoms. The Morgan fingerprint density at radius 3 is 2.61 bits per heavy atom. The van der Waals surface area contributed by atoms with E-state index in [0.717, 1.165) is 32.1 Å². The molecule has 0 radical (unpaired) electrons. The number of aliphatic hydroxyl groups is 2. The highest BCUT2D eigenvalue weighted by Crippen LogP contribution is 2.67. The van der Waals surface area contributed by atoms with E-state index < -0.39 is 5.60 Å². The van der Waals surface area contributed by atoms with Crippen LogP contribution in [0.3, 0.4) is 0 Å². The van der Waals surface area contributed by atoms with Gasteiger partial charge in [0.15, 0.2) is 11.6 Å². The maximum atomic E-state index is 12.2. The Labute approximate surface area is 196 Å². The summed E-state index contributed by atoms with van der Waals surface area (Å²) in [7, 11) is 0. The summed E-state index contributed by atoms with van der Waals surface area (Å²) in [6.07, 6.45) is 11.2. The quantitative estimate of drug-likeness (QED) is 0.500. The van der Waals surface area contributed by atoms with E-state index in [9.17, 15) is 19.8 Å². The van der Waals surface area contributed by atoms with Crippen LogP contribution in [0.25, 0.3) is 0 Å². The second-order valence-electron chi connectivity index (χ2n) is 10.7. The van der Waals surface area contributed by atoms with Crippen LogP contribution in [-0.2, 0) is 4.79 Å². The molecular weight excluding hydrogens is 412 g/mol. The molecule has 33 heavy (non-hydrogen) atoms. The first-order valence-electron chi connectivity index (χ1n) is 12.4. The van der Waals surface area contributed by atoms with E-state index >= 15 is 0 Å². The molecule has 1 aromatic carbocycles. The summed E-state index contributed by atoms with van der Waals surface area (Å²) in [5.41, 5.74) is 4.74. The van der Waals surface area contributed by atoms with Gasteiger partial charge in [0.1, 0.15) is 0 Å². The highest BCUT2D eigenvalue weighted by molar-refractivity contribution is 5.94. The van der Waals surface area contributed by atoms with Crippen LogP contribution in [-0.4, -0.2) is 34.0 Å². The van der Waals surface area contributed by atoms with Crippen molar-refractivity contribution in [3.63, 3.8) is 0 Å². The van der Waals surface area contributed by atoms with E-state index in [2.05, 4.69) is 19.1 Å². The lowest BCUT2D eigenvalue weighted by Crippen LogP contribution is -2.50. The Hall–Kier alpha value is -2.30. The van der Waals surface area contributed by atoms with Crippen molar-refractivity contribution in [1.82, 2.24) is 0 Å². The van der Waals surface area contributed by atoms with Crippen LogP contribution in [0.4, 0.5) is 0 Å². The van der Waals surface area contributed by atoms with Gasteiger partial charge in [-0.15, -0.1) is 0 Å². The zero-order chi connectivity index (χ0) is 23.4. The lowest BCUT2D eigenvalue weighted by Gasteiger charge is -2.54. The number of hydrogen-bond donors (Lipinski definition) is 2. The van der Waals surface area contributed by atoms with Crippen LogP contribution in [0.2, 0.25) is 0 Å². The van der Waals surface area contributed by atoms with E-state index in [1.807, 2.05) is 24.3 Å². The third-order valence-corrected chi connectivity index (χ3v) is 9.17. The summed E-state index contributed by atoms with van der Waals surface area (Å²) >= 11 is 0. The number of ketones is 2. The molecule has 4 aliphatic rings. The fourth-order valence-electron chi connectivity index (χ4n) is 7.47. The van der Waals surface area contributed by atoms with Gasteiger partial charge in [-0.3, -0.25) is 9.59 Å². The molecule has 174 valence electrons. The van der Waals surface area contributed by atoms with Crippen molar-refractivity contribution >= 4 is 11.6 Å². The summed E-state index contributed by atoms with van der Waals surface area (Å²) in [4.78, 5) is 24.0. The van der Waals surface area contributed by atoms with Crippen molar-refractivity contribution in [3.05, 3.63) is 70.3 Å². The molecule has 0 amide bonds. The van der Waals surface area contributed by atoms with Crippen molar-refractivity contribution in [2.24, 2.45) is 17.3 Å². The second kappa shape index (κ2) is 8.18. The van der Waals surface area contributed by atoms with Gasteiger partial charge >= 0.3 is 0 Å². The Morgan fingerprint density at radius 1 is 1.15 bits per heavy atom. The van der Waals surface area contributed by atoms with Gasteiger partial charge in [0.25, 0.3) is 0 Å². The smallest absolute Gasteiger partial charge is 0.159 e. The van der Waals surface area contributed by atoms with E-state index in [1.54, 1.807) is 13.0 Å². The predicted octanol–water partition coefficient (Wildman–Crippen LogP) is 5.07. The number of aliphatic hydroxyl groups excluding tert-OH is 1. The van der Waals surface area contributed by atoms with E-state index in [0.29, 0.717) is 30.2 Å². The van der Waals surface area contributed by atoms with Crippen molar-refractivity contribution < 1.29 is 19.8 Å². The standard InChI is InChI=1S/C29H34O4/c1-18(31)19-4-6-20(7-5-19)25-17-28(2)26(12-14-29(28,33)13-3-15-30)24-10-8-21-16-22(32)9-11-23(21)27(24)25/h3-7,13,16,24-26,30,33H,8-12,14-15,17H2,1-2H3/t24-,25+,26-,28-,29-/m0/s1. The summed E-state index contributed by atoms with van der Waals surface area (Å²) in [5.74, 6) is 1.21. The molecule has 2 saturated carbocycles. The van der Waals surface area contributed by atoms with E-state index in [-0.39, 0.29) is 29.5 Å². The minimum absolute atomic E-state index is 0.0603. The van der Waals surface area contributed by atoms with Crippen LogP contribution in [0.1, 0.15) is 80.6 Å². The van der Waals surface area contributed by atoms with Crippen LogP contribution in [0, 0.1) is 17.3 Å². The summed E-state index contributed by atoms with van der Waals surface area (Å²) in [5, 5.41) is 21.2. The zero-order valence-corrected chi connectivity index (χ0v) is 19.6. The van der Waals surface area contributed by atoms with Crippen molar-refractivity contribution in [3.8, 4) is 0 Å². The summed E-state index contributed by atoms with van der Waals surface area (Å²) < 4.78 is 0. The molecule has 0 heterocycles. The maximum absolute atomic E-state index is 12.2. The molecule has 5 rings (SSSR count). The predicted molar refractivity (Wildman–Crippen MR) is 128 cm³/mol. The van der Waals surface area contributed by atoms with Gasteiger partial charge in [-0.25, -0.2) is 0 Å². The Bertz CT molecular complexity index is 1080. The fourth-order valence-corrected chi connectivity index (χ4v) is 7.47. The zero-order valence-electron chi connectivity index (χ0n) is 19.6. The monoisotopic (exact) mass is 446 g/mol. The summed E-state index contributed by atoms with van der Waals surface area (Å²) in [6, 6.07) is 8.00. The average molecular weight is 447 g/mol. The minimum atomic E-state index is -0.938. The number of fused-ring (bicyclic) bond motifs is 4. The maximum Gasteiger partial charge on any atom is 0.159 e. The van der Waals surface area contributed by atoms with Crippen LogP contribution < -0.4 is 0 Å². The molecular formula is C29H34O4. The van der Waals surface area contributed by atoms with Crippen LogP contribution in [0.5, 0.6) is 0 Å². The first-order chi connectivity index (χ1) is 15.8. The molecule has 0 saturated heterocycles.